The van der Waals surface area contributed by atoms with E-state index in [0.29, 0.717) is 39.3 Å². The highest BCUT2D eigenvalue weighted by Crippen LogP contribution is 2.33. The molecule has 1 saturated heterocycles. The van der Waals surface area contributed by atoms with Gasteiger partial charge in [0.15, 0.2) is 11.5 Å². The van der Waals surface area contributed by atoms with Gasteiger partial charge in [-0.25, -0.2) is 4.79 Å². The topological polar surface area (TPSA) is 79.9 Å². The lowest BCUT2D eigenvalue weighted by Crippen LogP contribution is -2.43. The molecule has 2 aliphatic rings. The van der Waals surface area contributed by atoms with E-state index < -0.39 is 0 Å². The predicted molar refractivity (Wildman–Crippen MR) is 102 cm³/mol. The Balaban J connectivity index is 1.57. The largest absolute Gasteiger partial charge is 0.490 e. The van der Waals surface area contributed by atoms with Crippen molar-refractivity contribution in [2.45, 2.75) is 52.1 Å². The van der Waals surface area contributed by atoms with E-state index >= 15 is 0 Å². The van der Waals surface area contributed by atoms with Crippen LogP contribution in [-0.4, -0.2) is 49.2 Å². The number of carbonyl (C=O) groups excluding carboxylic acids is 2. The lowest BCUT2D eigenvalue weighted by molar-refractivity contribution is -0.119. The molecule has 0 spiro atoms. The molecule has 27 heavy (non-hydrogen) atoms. The molecule has 1 aromatic rings. The van der Waals surface area contributed by atoms with Gasteiger partial charge in [0.25, 0.3) is 0 Å². The lowest BCUT2D eigenvalue weighted by atomic mass is 9.99. The van der Waals surface area contributed by atoms with Gasteiger partial charge in [-0.3, -0.25) is 4.79 Å². The standard InChI is InChI=1S/C20H29N3O4/c1-3-26-17-11-14-8-10-23(13-15(14)12-18(17)27-4-2)20(25)21-9-7-16-5-6-19(24)22-16/h11-12,16H,3-10,13H2,1-2H3,(H,21,25)(H,22,24). The third-order valence-electron chi connectivity index (χ3n) is 5.02. The summed E-state index contributed by atoms with van der Waals surface area (Å²) in [5, 5.41) is 5.90. The van der Waals surface area contributed by atoms with Crippen molar-refractivity contribution < 1.29 is 19.1 Å². The molecule has 0 saturated carbocycles. The molecule has 1 unspecified atom stereocenters. The van der Waals surface area contributed by atoms with E-state index in [2.05, 4.69) is 10.6 Å². The summed E-state index contributed by atoms with van der Waals surface area (Å²) in [6.45, 7) is 6.88. The Hall–Kier alpha value is -2.44. The first-order chi connectivity index (χ1) is 13.1. The first-order valence-corrected chi connectivity index (χ1v) is 9.84. The monoisotopic (exact) mass is 375 g/mol. The number of hydrogen-bond acceptors (Lipinski definition) is 4. The van der Waals surface area contributed by atoms with Crippen molar-refractivity contribution in [3.8, 4) is 11.5 Å². The van der Waals surface area contributed by atoms with Crippen LogP contribution >= 0.6 is 0 Å². The maximum Gasteiger partial charge on any atom is 0.317 e. The number of rotatable bonds is 7. The van der Waals surface area contributed by atoms with Crippen LogP contribution in [0.3, 0.4) is 0 Å². The summed E-state index contributed by atoms with van der Waals surface area (Å²) in [4.78, 5) is 25.6. The Bertz CT molecular complexity index is 692. The smallest absolute Gasteiger partial charge is 0.317 e. The third kappa shape index (κ3) is 4.84. The molecule has 148 valence electrons. The van der Waals surface area contributed by atoms with Crippen LogP contribution in [0.25, 0.3) is 0 Å². The number of nitrogens with zero attached hydrogens (tertiary/aromatic N) is 1. The second-order valence-electron chi connectivity index (χ2n) is 6.93. The van der Waals surface area contributed by atoms with Crippen LogP contribution < -0.4 is 20.1 Å². The van der Waals surface area contributed by atoms with Gasteiger partial charge in [-0.05, 0) is 56.4 Å². The SMILES string of the molecule is CCOc1cc2c(cc1OCC)CN(C(=O)NCCC1CCC(=O)N1)CC2. The molecule has 1 atom stereocenters. The summed E-state index contributed by atoms with van der Waals surface area (Å²) in [7, 11) is 0. The number of amides is 3. The second kappa shape index (κ2) is 8.97. The number of hydrogen-bond donors (Lipinski definition) is 2. The molecule has 0 radical (unpaired) electrons. The summed E-state index contributed by atoms with van der Waals surface area (Å²) in [6.07, 6.45) is 3.02. The average molecular weight is 375 g/mol. The fourth-order valence-corrected chi connectivity index (χ4v) is 3.63. The summed E-state index contributed by atoms with van der Waals surface area (Å²) >= 11 is 0. The van der Waals surface area contributed by atoms with E-state index in [1.807, 2.05) is 30.9 Å². The maximum absolute atomic E-state index is 12.5. The van der Waals surface area contributed by atoms with Gasteiger partial charge in [0, 0.05) is 32.1 Å². The highest BCUT2D eigenvalue weighted by atomic mass is 16.5. The van der Waals surface area contributed by atoms with Gasteiger partial charge >= 0.3 is 6.03 Å². The van der Waals surface area contributed by atoms with Crippen molar-refractivity contribution in [1.29, 1.82) is 0 Å². The molecule has 2 aliphatic heterocycles. The van der Waals surface area contributed by atoms with Crippen molar-refractivity contribution in [3.05, 3.63) is 23.3 Å². The molecule has 2 N–H and O–H groups in total. The van der Waals surface area contributed by atoms with Crippen LogP contribution in [0.2, 0.25) is 0 Å². The van der Waals surface area contributed by atoms with Gasteiger partial charge in [-0.15, -0.1) is 0 Å². The van der Waals surface area contributed by atoms with E-state index in [9.17, 15) is 9.59 Å². The van der Waals surface area contributed by atoms with E-state index in [0.717, 1.165) is 36.3 Å². The number of fused-ring (bicyclic) bond motifs is 1. The van der Waals surface area contributed by atoms with E-state index in [4.69, 9.17) is 9.47 Å². The van der Waals surface area contributed by atoms with Crippen molar-refractivity contribution in [2.24, 2.45) is 0 Å². The minimum Gasteiger partial charge on any atom is -0.490 e. The fraction of sp³-hybridized carbons (Fsp3) is 0.600. The lowest BCUT2D eigenvalue weighted by Gasteiger charge is -2.30. The molecule has 1 fully saturated rings. The Morgan fingerprint density at radius 3 is 2.52 bits per heavy atom. The van der Waals surface area contributed by atoms with Crippen molar-refractivity contribution in [3.63, 3.8) is 0 Å². The predicted octanol–water partition coefficient (Wildman–Crippen LogP) is 2.22. The Morgan fingerprint density at radius 1 is 1.19 bits per heavy atom. The molecular weight excluding hydrogens is 346 g/mol. The molecule has 3 amide bonds. The zero-order valence-corrected chi connectivity index (χ0v) is 16.2. The van der Waals surface area contributed by atoms with E-state index in [1.165, 1.54) is 5.56 Å². The first kappa shape index (κ1) is 19.3. The number of carbonyl (C=O) groups is 2. The molecule has 0 aliphatic carbocycles. The molecule has 0 bridgehead atoms. The maximum atomic E-state index is 12.5. The molecule has 7 nitrogen and oxygen atoms in total. The van der Waals surface area contributed by atoms with Gasteiger partial charge in [0.2, 0.25) is 5.91 Å². The minimum absolute atomic E-state index is 0.0585. The van der Waals surface area contributed by atoms with Gasteiger partial charge in [0.1, 0.15) is 0 Å². The van der Waals surface area contributed by atoms with Crippen LogP contribution in [-0.2, 0) is 17.8 Å². The first-order valence-electron chi connectivity index (χ1n) is 9.84. The third-order valence-corrected chi connectivity index (χ3v) is 5.02. The number of benzene rings is 1. The van der Waals surface area contributed by atoms with E-state index in [-0.39, 0.29) is 18.0 Å². The number of ether oxygens (including phenoxy) is 2. The minimum atomic E-state index is -0.0585. The van der Waals surface area contributed by atoms with Crippen LogP contribution in [0.15, 0.2) is 12.1 Å². The molecule has 1 aromatic carbocycles. The van der Waals surface area contributed by atoms with Crippen molar-refractivity contribution in [2.75, 3.05) is 26.3 Å². The number of nitrogens with one attached hydrogen (secondary N) is 2. The Kier molecular flexibility index (Phi) is 6.42. The van der Waals surface area contributed by atoms with Gasteiger partial charge < -0.3 is 25.0 Å². The Morgan fingerprint density at radius 2 is 1.89 bits per heavy atom. The molecule has 2 heterocycles. The summed E-state index contributed by atoms with van der Waals surface area (Å²) in [6, 6.07) is 4.17. The van der Waals surface area contributed by atoms with Crippen LogP contribution in [0, 0.1) is 0 Å². The van der Waals surface area contributed by atoms with E-state index in [1.54, 1.807) is 0 Å². The summed E-state index contributed by atoms with van der Waals surface area (Å²) in [5.41, 5.74) is 2.31. The normalized spacial score (nSPS) is 18.7. The van der Waals surface area contributed by atoms with Gasteiger partial charge in [-0.1, -0.05) is 0 Å². The van der Waals surface area contributed by atoms with Crippen molar-refractivity contribution >= 4 is 11.9 Å². The molecule has 7 heteroatoms. The highest BCUT2D eigenvalue weighted by Gasteiger charge is 2.24. The van der Waals surface area contributed by atoms with Crippen LogP contribution in [0.5, 0.6) is 11.5 Å². The second-order valence-corrected chi connectivity index (χ2v) is 6.93. The molecule has 0 aromatic heterocycles. The van der Waals surface area contributed by atoms with Crippen LogP contribution in [0.4, 0.5) is 4.79 Å². The summed E-state index contributed by atoms with van der Waals surface area (Å²) in [5.74, 6) is 1.61. The van der Waals surface area contributed by atoms with Crippen molar-refractivity contribution in [1.82, 2.24) is 15.5 Å². The van der Waals surface area contributed by atoms with Gasteiger partial charge in [0.05, 0.1) is 13.2 Å². The fourth-order valence-electron chi connectivity index (χ4n) is 3.63. The van der Waals surface area contributed by atoms with Gasteiger partial charge in [-0.2, -0.15) is 0 Å². The number of urea groups is 1. The molecule has 3 rings (SSSR count). The quantitative estimate of drug-likeness (QED) is 0.766. The highest BCUT2D eigenvalue weighted by molar-refractivity contribution is 5.78. The molecular formula is C20H29N3O4. The van der Waals surface area contributed by atoms with Crippen LogP contribution in [0.1, 0.15) is 44.2 Å². The Labute approximate surface area is 160 Å². The summed E-state index contributed by atoms with van der Waals surface area (Å²) < 4.78 is 11.4. The zero-order chi connectivity index (χ0) is 19.2. The average Bonchev–Trinajstić information content (AvgIpc) is 3.07. The zero-order valence-electron chi connectivity index (χ0n) is 16.2.